The summed E-state index contributed by atoms with van der Waals surface area (Å²) in [5.74, 6) is 1.51. The molecule has 20 heavy (non-hydrogen) atoms. The minimum absolute atomic E-state index is 0.183. The zero-order chi connectivity index (χ0) is 14.6. The third kappa shape index (κ3) is 4.21. The smallest absolute Gasteiger partial charge is 0.147 e. The highest BCUT2D eigenvalue weighted by atomic mass is 32.2. The molecule has 0 radical (unpaired) electrons. The Morgan fingerprint density at radius 1 is 1.40 bits per heavy atom. The third-order valence-corrected chi connectivity index (χ3v) is 4.72. The predicted molar refractivity (Wildman–Crippen MR) is 80.9 cm³/mol. The van der Waals surface area contributed by atoms with Gasteiger partial charge in [0.15, 0.2) is 0 Å². The van der Waals surface area contributed by atoms with Crippen LogP contribution in [0.15, 0.2) is 24.3 Å². The number of fused-ring (bicyclic) bond motifs is 1. The second kappa shape index (κ2) is 6.59. The molecule has 1 aliphatic heterocycles. The quantitative estimate of drug-likeness (QED) is 0.867. The van der Waals surface area contributed by atoms with Gasteiger partial charge in [-0.15, -0.1) is 0 Å². The molecule has 0 bridgehead atoms. The summed E-state index contributed by atoms with van der Waals surface area (Å²) >= 11 is 0. The molecule has 0 fully saturated rings. The van der Waals surface area contributed by atoms with Crippen LogP contribution in [-0.4, -0.2) is 39.6 Å². The fourth-order valence-corrected chi connectivity index (χ4v) is 3.40. The Morgan fingerprint density at radius 3 is 2.85 bits per heavy atom. The first-order valence-electron chi connectivity index (χ1n) is 7.11. The van der Waals surface area contributed by atoms with Gasteiger partial charge in [0.05, 0.1) is 12.4 Å². The van der Waals surface area contributed by atoms with Crippen LogP contribution in [0.1, 0.15) is 18.9 Å². The lowest BCUT2D eigenvalue weighted by Gasteiger charge is -2.32. The zero-order valence-corrected chi connectivity index (χ0v) is 12.9. The molecule has 2 rings (SSSR count). The van der Waals surface area contributed by atoms with Gasteiger partial charge in [-0.2, -0.15) is 0 Å². The van der Waals surface area contributed by atoms with Crippen LogP contribution in [0.25, 0.3) is 0 Å². The number of hydrogen-bond acceptors (Lipinski definition) is 4. The molecule has 2 atom stereocenters. The summed E-state index contributed by atoms with van der Waals surface area (Å²) in [6, 6.07) is 8.25. The van der Waals surface area contributed by atoms with Crippen LogP contribution in [0.2, 0.25) is 0 Å². The second-order valence-corrected chi connectivity index (χ2v) is 7.73. The lowest BCUT2D eigenvalue weighted by Crippen LogP contribution is -2.42. The minimum atomic E-state index is -2.92. The van der Waals surface area contributed by atoms with Gasteiger partial charge in [0, 0.05) is 18.2 Å². The second-order valence-electron chi connectivity index (χ2n) is 5.47. The maximum atomic E-state index is 11.4. The lowest BCUT2D eigenvalue weighted by molar-refractivity contribution is 0.183. The lowest BCUT2D eigenvalue weighted by atomic mass is 9.89. The molecule has 1 aromatic rings. The van der Waals surface area contributed by atoms with Crippen LogP contribution in [0, 0.1) is 5.92 Å². The van der Waals surface area contributed by atoms with Gasteiger partial charge >= 0.3 is 0 Å². The van der Waals surface area contributed by atoms with E-state index in [2.05, 4.69) is 11.4 Å². The molecule has 112 valence electrons. The van der Waals surface area contributed by atoms with Gasteiger partial charge in [0.25, 0.3) is 0 Å². The fraction of sp³-hybridized carbons (Fsp3) is 0.600. The number of para-hydroxylation sites is 1. The number of ether oxygens (including phenoxy) is 1. The average Bonchev–Trinajstić information content (AvgIpc) is 2.42. The van der Waals surface area contributed by atoms with Crippen molar-refractivity contribution >= 4 is 9.84 Å². The van der Waals surface area contributed by atoms with E-state index in [-0.39, 0.29) is 11.8 Å². The van der Waals surface area contributed by atoms with E-state index >= 15 is 0 Å². The third-order valence-electron chi connectivity index (χ3n) is 3.74. The van der Waals surface area contributed by atoms with E-state index in [1.807, 2.05) is 25.1 Å². The van der Waals surface area contributed by atoms with Crippen molar-refractivity contribution in [2.45, 2.75) is 25.8 Å². The molecule has 4 nitrogen and oxygen atoms in total. The summed E-state index contributed by atoms with van der Waals surface area (Å²) in [6.07, 6.45) is 2.88. The van der Waals surface area contributed by atoms with Gasteiger partial charge in [0.1, 0.15) is 15.6 Å². The van der Waals surface area contributed by atoms with E-state index in [4.69, 9.17) is 4.74 Å². The van der Waals surface area contributed by atoms with E-state index in [0.29, 0.717) is 18.9 Å². The molecular formula is C15H23NO3S. The standard InChI is InChI=1S/C15H23NO3S/c1-3-16-14(8-9-20(2,17)18)13-10-12-6-4-5-7-15(12)19-11-13/h4-7,13-14,16H,3,8-11H2,1-2H3. The van der Waals surface area contributed by atoms with Crippen molar-refractivity contribution in [1.82, 2.24) is 5.32 Å². The first-order valence-corrected chi connectivity index (χ1v) is 9.17. The first kappa shape index (κ1) is 15.3. The normalized spacial score (nSPS) is 20.0. The number of sulfone groups is 1. The molecular weight excluding hydrogens is 274 g/mol. The Balaban J connectivity index is 2.04. The summed E-state index contributed by atoms with van der Waals surface area (Å²) in [7, 11) is -2.92. The van der Waals surface area contributed by atoms with Crippen molar-refractivity contribution in [3.8, 4) is 5.75 Å². The van der Waals surface area contributed by atoms with Crippen molar-refractivity contribution in [3.05, 3.63) is 29.8 Å². The largest absolute Gasteiger partial charge is 0.493 e. The van der Waals surface area contributed by atoms with Crippen molar-refractivity contribution in [1.29, 1.82) is 0 Å². The van der Waals surface area contributed by atoms with Gasteiger partial charge in [-0.1, -0.05) is 25.1 Å². The predicted octanol–water partition coefficient (Wildman–Crippen LogP) is 1.65. The molecule has 0 saturated carbocycles. The van der Waals surface area contributed by atoms with Crippen LogP contribution in [-0.2, 0) is 16.3 Å². The van der Waals surface area contributed by atoms with Crippen LogP contribution < -0.4 is 10.1 Å². The van der Waals surface area contributed by atoms with Crippen molar-refractivity contribution < 1.29 is 13.2 Å². The molecule has 0 amide bonds. The van der Waals surface area contributed by atoms with E-state index in [1.54, 1.807) is 0 Å². The number of hydrogen-bond donors (Lipinski definition) is 1. The topological polar surface area (TPSA) is 55.4 Å². The van der Waals surface area contributed by atoms with Crippen LogP contribution in [0.3, 0.4) is 0 Å². The van der Waals surface area contributed by atoms with Crippen molar-refractivity contribution in [2.75, 3.05) is 25.2 Å². The van der Waals surface area contributed by atoms with E-state index < -0.39 is 9.84 Å². The maximum absolute atomic E-state index is 11.4. The first-order chi connectivity index (χ1) is 9.49. The number of benzene rings is 1. The Hall–Kier alpha value is -1.07. The molecule has 1 N–H and O–H groups in total. The number of rotatable bonds is 6. The van der Waals surface area contributed by atoms with Gasteiger partial charge in [-0.3, -0.25) is 0 Å². The molecule has 5 heteroatoms. The summed E-state index contributed by atoms with van der Waals surface area (Å²) in [4.78, 5) is 0. The summed E-state index contributed by atoms with van der Waals surface area (Å²) in [6.45, 7) is 3.54. The monoisotopic (exact) mass is 297 g/mol. The fourth-order valence-electron chi connectivity index (χ4n) is 2.72. The highest BCUT2D eigenvalue weighted by Gasteiger charge is 2.27. The van der Waals surface area contributed by atoms with Gasteiger partial charge in [-0.05, 0) is 31.0 Å². The zero-order valence-electron chi connectivity index (χ0n) is 12.1. The highest BCUT2D eigenvalue weighted by Crippen LogP contribution is 2.29. The maximum Gasteiger partial charge on any atom is 0.147 e. The Bertz CT molecular complexity index is 542. The Morgan fingerprint density at radius 2 is 2.15 bits per heavy atom. The molecule has 0 saturated heterocycles. The van der Waals surface area contributed by atoms with Gasteiger partial charge in [-0.25, -0.2) is 8.42 Å². The van der Waals surface area contributed by atoms with Crippen LogP contribution in [0.4, 0.5) is 0 Å². The molecule has 1 aromatic carbocycles. The number of nitrogens with one attached hydrogen (secondary N) is 1. The average molecular weight is 297 g/mol. The van der Waals surface area contributed by atoms with Crippen molar-refractivity contribution in [3.63, 3.8) is 0 Å². The Kier molecular flexibility index (Phi) is 5.05. The Labute approximate surface area is 121 Å². The van der Waals surface area contributed by atoms with Crippen molar-refractivity contribution in [2.24, 2.45) is 5.92 Å². The summed E-state index contributed by atoms with van der Waals surface area (Å²) in [5.41, 5.74) is 1.21. The highest BCUT2D eigenvalue weighted by molar-refractivity contribution is 7.90. The minimum Gasteiger partial charge on any atom is -0.493 e. The molecule has 0 aliphatic carbocycles. The molecule has 0 aromatic heterocycles. The van der Waals surface area contributed by atoms with Gasteiger partial charge < -0.3 is 10.1 Å². The van der Waals surface area contributed by atoms with Crippen LogP contribution >= 0.6 is 0 Å². The summed E-state index contributed by atoms with van der Waals surface area (Å²) in [5, 5.41) is 3.41. The van der Waals surface area contributed by atoms with Gasteiger partial charge in [0.2, 0.25) is 0 Å². The summed E-state index contributed by atoms with van der Waals surface area (Å²) < 4.78 is 28.5. The van der Waals surface area contributed by atoms with E-state index in [1.165, 1.54) is 11.8 Å². The molecule has 0 spiro atoms. The molecule has 2 unspecified atom stereocenters. The molecule has 1 aliphatic rings. The van der Waals surface area contributed by atoms with Crippen LogP contribution in [0.5, 0.6) is 5.75 Å². The SMILES string of the molecule is CCNC(CCS(C)(=O)=O)C1COc2ccccc2C1. The molecule has 1 heterocycles. The van der Waals surface area contributed by atoms with E-state index in [9.17, 15) is 8.42 Å². The van der Waals surface area contributed by atoms with E-state index in [0.717, 1.165) is 18.7 Å².